The molecule has 1 aliphatic rings. The first-order chi connectivity index (χ1) is 11.6. The predicted octanol–water partition coefficient (Wildman–Crippen LogP) is 2.54. The summed E-state index contributed by atoms with van der Waals surface area (Å²) in [7, 11) is 0. The molecule has 2 amide bonds. The molecule has 0 spiro atoms. The number of amides is 2. The second kappa shape index (κ2) is 7.05. The molecule has 0 unspecified atom stereocenters. The van der Waals surface area contributed by atoms with Crippen LogP contribution in [0.25, 0.3) is 0 Å². The minimum absolute atomic E-state index is 0.0192. The summed E-state index contributed by atoms with van der Waals surface area (Å²) in [5, 5.41) is 16.8. The van der Waals surface area contributed by atoms with Crippen LogP contribution in [0.15, 0.2) is 30.3 Å². The van der Waals surface area contributed by atoms with E-state index in [-0.39, 0.29) is 18.7 Å². The second-order valence-corrected chi connectivity index (χ2v) is 6.39. The van der Waals surface area contributed by atoms with Gasteiger partial charge in [-0.05, 0) is 50.5 Å². The predicted molar refractivity (Wildman–Crippen MR) is 93.1 cm³/mol. The van der Waals surface area contributed by atoms with Crippen LogP contribution in [-0.2, 0) is 6.54 Å². The molecule has 1 saturated heterocycles. The first-order valence-corrected chi connectivity index (χ1v) is 8.35. The Bertz CT molecular complexity index is 726. The minimum atomic E-state index is -0.144. The van der Waals surface area contributed by atoms with Gasteiger partial charge in [0.05, 0.1) is 24.9 Å². The van der Waals surface area contributed by atoms with Crippen LogP contribution >= 0.6 is 0 Å². The fourth-order valence-electron chi connectivity index (χ4n) is 3.24. The van der Waals surface area contributed by atoms with Crippen LogP contribution in [0, 0.1) is 13.8 Å². The maximum atomic E-state index is 12.4. The average molecular weight is 328 g/mol. The van der Waals surface area contributed by atoms with Crippen LogP contribution in [0.3, 0.4) is 0 Å². The average Bonchev–Trinajstić information content (AvgIpc) is 3.14. The Labute approximate surface area is 142 Å². The Balaban J connectivity index is 1.69. The van der Waals surface area contributed by atoms with Crippen LogP contribution in [0.1, 0.15) is 29.8 Å². The lowest BCUT2D eigenvalue weighted by Gasteiger charge is -2.23. The van der Waals surface area contributed by atoms with Crippen LogP contribution < -0.4 is 5.32 Å². The third kappa shape index (κ3) is 3.59. The number of hydrogen-bond donors (Lipinski definition) is 2. The van der Waals surface area contributed by atoms with Crippen molar-refractivity contribution >= 4 is 11.7 Å². The van der Waals surface area contributed by atoms with Crippen molar-refractivity contribution in [1.29, 1.82) is 0 Å². The molecule has 6 heteroatoms. The number of aromatic nitrogens is 2. The number of nitrogens with one attached hydrogen (secondary N) is 1. The largest absolute Gasteiger partial charge is 0.394 e. The van der Waals surface area contributed by atoms with Gasteiger partial charge in [0, 0.05) is 17.9 Å². The lowest BCUT2D eigenvalue weighted by atomic mass is 10.2. The summed E-state index contributed by atoms with van der Waals surface area (Å²) in [6.07, 6.45) is 1.80. The summed E-state index contributed by atoms with van der Waals surface area (Å²) < 4.78 is 1.96. The lowest BCUT2D eigenvalue weighted by Crippen LogP contribution is -2.40. The van der Waals surface area contributed by atoms with Gasteiger partial charge in [0.25, 0.3) is 0 Å². The summed E-state index contributed by atoms with van der Waals surface area (Å²) in [5.74, 6) is 0. The molecule has 24 heavy (non-hydrogen) atoms. The Morgan fingerprint density at radius 3 is 2.92 bits per heavy atom. The zero-order valence-corrected chi connectivity index (χ0v) is 14.2. The Hall–Kier alpha value is -2.34. The molecule has 1 atom stereocenters. The Kier molecular flexibility index (Phi) is 4.85. The molecule has 2 N–H and O–H groups in total. The number of carbonyl (C=O) groups is 1. The highest BCUT2D eigenvalue weighted by Gasteiger charge is 2.27. The van der Waals surface area contributed by atoms with Crippen molar-refractivity contribution in [3.8, 4) is 0 Å². The first-order valence-electron chi connectivity index (χ1n) is 8.35. The zero-order chi connectivity index (χ0) is 17.1. The fourth-order valence-corrected chi connectivity index (χ4v) is 3.24. The molecular formula is C18H24N4O2. The van der Waals surface area contributed by atoms with Gasteiger partial charge in [-0.25, -0.2) is 4.79 Å². The number of benzene rings is 1. The van der Waals surface area contributed by atoms with E-state index in [2.05, 4.69) is 10.4 Å². The fraction of sp³-hybridized carbons (Fsp3) is 0.444. The van der Waals surface area contributed by atoms with Crippen molar-refractivity contribution in [1.82, 2.24) is 14.7 Å². The molecule has 2 aromatic rings. The molecule has 6 nitrogen and oxygen atoms in total. The normalized spacial score (nSPS) is 17.3. The Morgan fingerprint density at radius 1 is 1.38 bits per heavy atom. The van der Waals surface area contributed by atoms with Gasteiger partial charge in [-0.3, -0.25) is 4.68 Å². The van der Waals surface area contributed by atoms with Crippen molar-refractivity contribution in [2.24, 2.45) is 0 Å². The number of likely N-dealkylation sites (tertiary alicyclic amines) is 1. The molecule has 1 aromatic heterocycles. The highest BCUT2D eigenvalue weighted by molar-refractivity contribution is 5.89. The molecule has 128 valence electrons. The second-order valence-electron chi connectivity index (χ2n) is 6.39. The molecule has 1 aliphatic heterocycles. The number of nitrogens with zero attached hydrogens (tertiary/aromatic N) is 3. The van der Waals surface area contributed by atoms with Gasteiger partial charge in [-0.2, -0.15) is 5.10 Å². The molecule has 1 aromatic carbocycles. The van der Waals surface area contributed by atoms with Gasteiger partial charge < -0.3 is 15.3 Å². The van der Waals surface area contributed by atoms with E-state index >= 15 is 0 Å². The highest BCUT2D eigenvalue weighted by Crippen LogP contribution is 2.19. The van der Waals surface area contributed by atoms with Gasteiger partial charge >= 0.3 is 6.03 Å². The van der Waals surface area contributed by atoms with Crippen molar-refractivity contribution in [3.05, 3.63) is 47.3 Å². The van der Waals surface area contributed by atoms with Crippen molar-refractivity contribution in [2.45, 2.75) is 39.3 Å². The zero-order valence-electron chi connectivity index (χ0n) is 14.2. The highest BCUT2D eigenvalue weighted by atomic mass is 16.3. The van der Waals surface area contributed by atoms with E-state index in [4.69, 9.17) is 0 Å². The number of carbonyl (C=O) groups excluding carboxylic acids is 1. The van der Waals surface area contributed by atoms with Gasteiger partial charge in [0.1, 0.15) is 0 Å². The monoisotopic (exact) mass is 328 g/mol. The first kappa shape index (κ1) is 16.5. The quantitative estimate of drug-likeness (QED) is 0.906. The number of rotatable bonds is 4. The van der Waals surface area contributed by atoms with Crippen molar-refractivity contribution in [3.63, 3.8) is 0 Å². The van der Waals surface area contributed by atoms with Crippen molar-refractivity contribution < 1.29 is 9.90 Å². The Morgan fingerprint density at radius 2 is 2.21 bits per heavy atom. The number of aryl methyl sites for hydroxylation is 2. The van der Waals surface area contributed by atoms with Crippen LogP contribution in [0.5, 0.6) is 0 Å². The summed E-state index contributed by atoms with van der Waals surface area (Å²) in [5.41, 5.74) is 3.97. The topological polar surface area (TPSA) is 70.4 Å². The molecule has 2 heterocycles. The standard InChI is InChI=1S/C18H24N4O2/c1-13-9-14(2)22(20-13)11-15-5-3-6-16(10-15)19-18(24)21-8-4-7-17(21)12-23/h3,5-6,9-10,17,23H,4,7-8,11-12H2,1-2H3,(H,19,24)/t17-/m0/s1. The van der Waals surface area contributed by atoms with Gasteiger partial charge in [0.15, 0.2) is 0 Å². The summed E-state index contributed by atoms with van der Waals surface area (Å²) in [6, 6.07) is 9.65. The van der Waals surface area contributed by atoms with Gasteiger partial charge in [-0.15, -0.1) is 0 Å². The van der Waals surface area contributed by atoms with Crippen LogP contribution in [-0.4, -0.2) is 45.0 Å². The van der Waals surface area contributed by atoms with Gasteiger partial charge in [-0.1, -0.05) is 12.1 Å². The smallest absolute Gasteiger partial charge is 0.322 e. The summed E-state index contributed by atoms with van der Waals surface area (Å²) in [4.78, 5) is 14.1. The SMILES string of the molecule is Cc1cc(C)n(Cc2cccc(NC(=O)N3CCC[C@H]3CO)c2)n1. The number of aliphatic hydroxyl groups is 1. The number of aliphatic hydroxyl groups excluding tert-OH is 1. The van der Waals surface area contributed by atoms with E-state index in [1.165, 1.54) is 0 Å². The molecule has 0 aliphatic carbocycles. The molecular weight excluding hydrogens is 304 g/mol. The lowest BCUT2D eigenvalue weighted by molar-refractivity contribution is 0.166. The molecule has 3 rings (SSSR count). The summed E-state index contributed by atoms with van der Waals surface area (Å²) in [6.45, 7) is 5.40. The van der Waals surface area contributed by atoms with E-state index in [0.29, 0.717) is 13.1 Å². The van der Waals surface area contributed by atoms with E-state index < -0.39 is 0 Å². The molecule has 1 fully saturated rings. The summed E-state index contributed by atoms with van der Waals surface area (Å²) >= 11 is 0. The number of hydrogen-bond acceptors (Lipinski definition) is 3. The van der Waals surface area contributed by atoms with E-state index in [1.807, 2.05) is 48.9 Å². The van der Waals surface area contributed by atoms with E-state index in [1.54, 1.807) is 4.90 Å². The maximum Gasteiger partial charge on any atom is 0.322 e. The molecule has 0 radical (unpaired) electrons. The van der Waals surface area contributed by atoms with E-state index in [0.717, 1.165) is 35.5 Å². The van der Waals surface area contributed by atoms with Crippen LogP contribution in [0.4, 0.5) is 10.5 Å². The molecule has 0 saturated carbocycles. The van der Waals surface area contributed by atoms with E-state index in [9.17, 15) is 9.90 Å². The third-order valence-corrected chi connectivity index (χ3v) is 4.46. The number of urea groups is 1. The maximum absolute atomic E-state index is 12.4. The van der Waals surface area contributed by atoms with Gasteiger partial charge in [0.2, 0.25) is 0 Å². The van der Waals surface area contributed by atoms with Crippen molar-refractivity contribution in [2.75, 3.05) is 18.5 Å². The third-order valence-electron chi connectivity index (χ3n) is 4.46. The number of anilines is 1. The minimum Gasteiger partial charge on any atom is -0.394 e. The van der Waals surface area contributed by atoms with Crippen LogP contribution in [0.2, 0.25) is 0 Å². The molecule has 0 bridgehead atoms.